The number of hydrogen-bond donors (Lipinski definition) is 1. The van der Waals surface area contributed by atoms with Crippen LogP contribution in [0.5, 0.6) is 0 Å². The summed E-state index contributed by atoms with van der Waals surface area (Å²) in [6, 6.07) is -0.0239. The van der Waals surface area contributed by atoms with Crippen molar-refractivity contribution in [2.24, 2.45) is 5.92 Å². The van der Waals surface area contributed by atoms with E-state index < -0.39 is 0 Å². The van der Waals surface area contributed by atoms with Gasteiger partial charge in [0.05, 0.1) is 0 Å². The fourth-order valence-electron chi connectivity index (χ4n) is 3.19. The minimum Gasteiger partial charge on any atom is -0.372 e. The number of rotatable bonds is 0. The summed E-state index contributed by atoms with van der Waals surface area (Å²) in [6.07, 6.45) is 10.2. The average Bonchev–Trinajstić information content (AvgIpc) is 3.01. The van der Waals surface area contributed by atoms with Crippen molar-refractivity contribution in [2.75, 3.05) is 19.8 Å². The van der Waals surface area contributed by atoms with E-state index in [1.54, 1.807) is 4.90 Å². The highest BCUT2D eigenvalue weighted by Gasteiger charge is 2.40. The SMILES string of the molecule is O=C1N[C@@H]2C[C@H]2/C=C\CCCCOCC(=O)N2CCC[C@@H]12. The predicted octanol–water partition coefficient (Wildman–Crippen LogP) is 1.24. The molecule has 5 nitrogen and oxygen atoms in total. The van der Waals surface area contributed by atoms with Crippen molar-refractivity contribution in [1.29, 1.82) is 0 Å². The zero-order chi connectivity index (χ0) is 14.7. The third kappa shape index (κ3) is 3.64. The van der Waals surface area contributed by atoms with Crippen molar-refractivity contribution >= 4 is 11.8 Å². The second kappa shape index (κ2) is 6.60. The van der Waals surface area contributed by atoms with Gasteiger partial charge >= 0.3 is 0 Å². The van der Waals surface area contributed by atoms with Crippen molar-refractivity contribution in [1.82, 2.24) is 10.2 Å². The number of carbonyl (C=O) groups excluding carboxylic acids is 2. The molecule has 0 unspecified atom stereocenters. The molecule has 116 valence electrons. The molecular formula is C16H24N2O3. The van der Waals surface area contributed by atoms with Gasteiger partial charge in [-0.3, -0.25) is 9.59 Å². The highest BCUT2D eigenvalue weighted by Crippen LogP contribution is 2.32. The van der Waals surface area contributed by atoms with E-state index in [0.29, 0.717) is 19.1 Å². The van der Waals surface area contributed by atoms with Crippen LogP contribution in [0.1, 0.15) is 38.5 Å². The van der Waals surface area contributed by atoms with Crippen LogP contribution >= 0.6 is 0 Å². The Morgan fingerprint density at radius 3 is 3.05 bits per heavy atom. The fraction of sp³-hybridized carbons (Fsp3) is 0.750. The number of hydrogen-bond acceptors (Lipinski definition) is 3. The van der Waals surface area contributed by atoms with Gasteiger partial charge in [0.2, 0.25) is 11.8 Å². The maximum Gasteiger partial charge on any atom is 0.249 e. The molecular weight excluding hydrogens is 268 g/mol. The van der Waals surface area contributed by atoms with Crippen LogP contribution in [0.15, 0.2) is 12.2 Å². The number of nitrogens with zero attached hydrogens (tertiary/aromatic N) is 1. The summed E-state index contributed by atoms with van der Waals surface area (Å²) in [5.41, 5.74) is 0. The van der Waals surface area contributed by atoms with Gasteiger partial charge in [-0.1, -0.05) is 12.2 Å². The molecule has 5 heteroatoms. The highest BCUT2D eigenvalue weighted by atomic mass is 16.5. The van der Waals surface area contributed by atoms with Gasteiger partial charge in [0.1, 0.15) is 12.6 Å². The first-order valence-electron chi connectivity index (χ1n) is 8.10. The molecule has 2 heterocycles. The molecule has 0 aromatic heterocycles. The van der Waals surface area contributed by atoms with E-state index in [-0.39, 0.29) is 30.5 Å². The fourth-order valence-corrected chi connectivity index (χ4v) is 3.19. The summed E-state index contributed by atoms with van der Waals surface area (Å²) in [5.74, 6) is 0.450. The van der Waals surface area contributed by atoms with Crippen molar-refractivity contribution < 1.29 is 14.3 Å². The first-order valence-corrected chi connectivity index (χ1v) is 8.10. The summed E-state index contributed by atoms with van der Waals surface area (Å²) in [6.45, 7) is 1.40. The largest absolute Gasteiger partial charge is 0.372 e. The molecule has 0 aromatic rings. The van der Waals surface area contributed by atoms with Gasteiger partial charge in [-0.2, -0.15) is 0 Å². The lowest BCUT2D eigenvalue weighted by Crippen LogP contribution is -2.47. The van der Waals surface area contributed by atoms with Gasteiger partial charge in [0.25, 0.3) is 0 Å². The quantitative estimate of drug-likeness (QED) is 0.683. The number of nitrogens with one attached hydrogen (secondary N) is 1. The lowest BCUT2D eigenvalue weighted by molar-refractivity contribution is -0.142. The normalized spacial score (nSPS) is 36.0. The Morgan fingerprint density at radius 2 is 2.14 bits per heavy atom. The molecule has 1 saturated heterocycles. The van der Waals surface area contributed by atoms with E-state index in [0.717, 1.165) is 38.5 Å². The number of allylic oxidation sites excluding steroid dienone is 1. The van der Waals surface area contributed by atoms with Crippen LogP contribution in [0.3, 0.4) is 0 Å². The van der Waals surface area contributed by atoms with Crippen LogP contribution in [0.4, 0.5) is 0 Å². The Kier molecular flexibility index (Phi) is 4.58. The van der Waals surface area contributed by atoms with Gasteiger partial charge < -0.3 is 15.0 Å². The third-order valence-corrected chi connectivity index (χ3v) is 4.56. The minimum atomic E-state index is -0.295. The van der Waals surface area contributed by atoms with Crippen molar-refractivity contribution in [3.05, 3.63) is 12.2 Å². The topological polar surface area (TPSA) is 58.6 Å². The zero-order valence-electron chi connectivity index (χ0n) is 12.4. The lowest BCUT2D eigenvalue weighted by Gasteiger charge is -2.24. The van der Waals surface area contributed by atoms with Gasteiger partial charge in [0.15, 0.2) is 0 Å². The molecule has 1 aliphatic carbocycles. The van der Waals surface area contributed by atoms with Crippen LogP contribution < -0.4 is 5.32 Å². The van der Waals surface area contributed by atoms with Crippen LogP contribution in [-0.4, -0.2) is 48.6 Å². The van der Waals surface area contributed by atoms with E-state index in [1.807, 2.05) is 0 Å². The smallest absolute Gasteiger partial charge is 0.249 e. The molecule has 1 saturated carbocycles. The average molecular weight is 292 g/mol. The predicted molar refractivity (Wildman–Crippen MR) is 78.6 cm³/mol. The van der Waals surface area contributed by atoms with Crippen LogP contribution in [0, 0.1) is 5.92 Å². The zero-order valence-corrected chi connectivity index (χ0v) is 12.4. The Morgan fingerprint density at radius 1 is 1.24 bits per heavy atom. The van der Waals surface area contributed by atoms with E-state index >= 15 is 0 Å². The molecule has 2 amide bonds. The highest BCUT2D eigenvalue weighted by molar-refractivity contribution is 5.89. The maximum absolute atomic E-state index is 12.3. The molecule has 0 radical (unpaired) electrons. The van der Waals surface area contributed by atoms with Crippen LogP contribution in [-0.2, 0) is 14.3 Å². The monoisotopic (exact) mass is 292 g/mol. The molecule has 2 fully saturated rings. The second-order valence-corrected chi connectivity index (χ2v) is 6.24. The Labute approximate surface area is 125 Å². The van der Waals surface area contributed by atoms with Gasteiger partial charge in [-0.05, 0) is 44.4 Å². The summed E-state index contributed by atoms with van der Waals surface area (Å²) in [4.78, 5) is 26.2. The van der Waals surface area contributed by atoms with Gasteiger partial charge in [0, 0.05) is 19.2 Å². The summed E-state index contributed by atoms with van der Waals surface area (Å²) in [5, 5.41) is 3.09. The first kappa shape index (κ1) is 14.6. The molecule has 0 bridgehead atoms. The minimum absolute atomic E-state index is 0.0108. The van der Waals surface area contributed by atoms with E-state index in [4.69, 9.17) is 4.74 Å². The number of carbonyl (C=O) groups is 2. The Balaban J connectivity index is 1.64. The molecule has 3 rings (SSSR count). The van der Waals surface area contributed by atoms with Gasteiger partial charge in [-0.25, -0.2) is 0 Å². The second-order valence-electron chi connectivity index (χ2n) is 6.24. The molecule has 21 heavy (non-hydrogen) atoms. The summed E-state index contributed by atoms with van der Waals surface area (Å²) < 4.78 is 5.45. The van der Waals surface area contributed by atoms with Crippen molar-refractivity contribution in [3.8, 4) is 0 Å². The molecule has 0 aromatic carbocycles. The maximum atomic E-state index is 12.3. The van der Waals surface area contributed by atoms with E-state index in [9.17, 15) is 9.59 Å². The standard InChI is InChI=1S/C16H24N2O3/c19-15-11-21-9-4-2-1-3-6-12-10-13(12)17-16(20)14-7-5-8-18(14)15/h3,6,12-14H,1-2,4-5,7-11H2,(H,17,20)/b6-3-/t12-,13-,14+/m1/s1. The number of fused-ring (bicyclic) bond motifs is 2. The molecule has 1 N–H and O–H groups in total. The van der Waals surface area contributed by atoms with E-state index in [1.165, 1.54) is 0 Å². The third-order valence-electron chi connectivity index (χ3n) is 4.56. The summed E-state index contributed by atoms with van der Waals surface area (Å²) in [7, 11) is 0. The summed E-state index contributed by atoms with van der Waals surface area (Å²) >= 11 is 0. The Bertz CT molecular complexity index is 435. The van der Waals surface area contributed by atoms with Crippen molar-refractivity contribution in [2.45, 2.75) is 50.6 Å². The van der Waals surface area contributed by atoms with Gasteiger partial charge in [-0.15, -0.1) is 0 Å². The van der Waals surface area contributed by atoms with Crippen LogP contribution in [0.2, 0.25) is 0 Å². The molecule has 3 aliphatic rings. The van der Waals surface area contributed by atoms with Crippen LogP contribution in [0.25, 0.3) is 0 Å². The molecule has 2 aliphatic heterocycles. The Hall–Kier alpha value is -1.36. The number of ether oxygens (including phenoxy) is 1. The first-order chi connectivity index (χ1) is 10.3. The number of amides is 2. The van der Waals surface area contributed by atoms with Crippen molar-refractivity contribution in [3.63, 3.8) is 0 Å². The molecule has 0 spiro atoms. The molecule has 3 atom stereocenters. The van der Waals surface area contributed by atoms with E-state index in [2.05, 4.69) is 17.5 Å². The lowest BCUT2D eigenvalue weighted by atomic mass is 10.2.